The van der Waals surface area contributed by atoms with Gasteiger partial charge in [0.1, 0.15) is 0 Å². The van der Waals surface area contributed by atoms with Crippen LogP contribution in [0.2, 0.25) is 5.02 Å². The molecule has 0 saturated carbocycles. The van der Waals surface area contributed by atoms with Crippen molar-refractivity contribution in [3.05, 3.63) is 34.9 Å². The van der Waals surface area contributed by atoms with E-state index in [0.717, 1.165) is 12.7 Å². The molecule has 1 aromatic carbocycles. The second kappa shape index (κ2) is 7.98. The number of aryl methyl sites for hydroxylation is 1. The largest absolute Gasteiger partial charge is 0.523 e. The Hall–Kier alpha value is -1.32. The molecule has 0 spiro atoms. The van der Waals surface area contributed by atoms with Crippen LogP contribution in [0.15, 0.2) is 24.3 Å². The molecule has 0 fully saturated rings. The Balaban J connectivity index is 2.73. The summed E-state index contributed by atoms with van der Waals surface area (Å²) in [5.74, 6) is -1.20. The molecule has 23 heavy (non-hydrogen) atoms. The molecule has 1 unspecified atom stereocenters. The Morgan fingerprint density at radius 2 is 1.91 bits per heavy atom. The number of rotatable bonds is 7. The highest BCUT2D eigenvalue weighted by Crippen LogP contribution is 2.27. The molecule has 0 aliphatic carbocycles. The average molecular weight is 375 g/mol. The van der Waals surface area contributed by atoms with Gasteiger partial charge in [-0.3, -0.25) is 0 Å². The topological polar surface area (TPSA) is 69.7 Å². The van der Waals surface area contributed by atoms with Gasteiger partial charge >= 0.3 is 21.6 Å². The molecule has 5 nitrogen and oxygen atoms in total. The predicted molar refractivity (Wildman–Crippen MR) is 76.3 cm³/mol. The highest BCUT2D eigenvalue weighted by molar-refractivity contribution is 7.87. The van der Waals surface area contributed by atoms with Crippen molar-refractivity contribution in [2.45, 2.75) is 30.9 Å². The Morgan fingerprint density at radius 3 is 2.43 bits per heavy atom. The average Bonchev–Trinajstić information content (AvgIpc) is 2.46. The fraction of sp³-hybridized carbons (Fsp3) is 0.462. The third-order valence-corrected chi connectivity index (χ3v) is 4.28. The minimum absolute atomic E-state index is 0.177. The quantitative estimate of drug-likeness (QED) is 0.417. The molecule has 0 aromatic heterocycles. The van der Waals surface area contributed by atoms with Crippen LogP contribution in [0.25, 0.3) is 0 Å². The molecule has 0 saturated heterocycles. The lowest BCUT2D eigenvalue weighted by Crippen LogP contribution is -2.34. The minimum Gasteiger partial charge on any atom is -0.467 e. The number of methoxy groups -OCH3 is 1. The van der Waals surface area contributed by atoms with Crippen LogP contribution in [-0.2, 0) is 30.3 Å². The van der Waals surface area contributed by atoms with E-state index < -0.39 is 27.7 Å². The smallest absolute Gasteiger partial charge is 0.467 e. The molecule has 130 valence electrons. The van der Waals surface area contributed by atoms with Crippen LogP contribution in [-0.4, -0.2) is 33.1 Å². The molecule has 10 heteroatoms. The van der Waals surface area contributed by atoms with Gasteiger partial charge in [0.2, 0.25) is 0 Å². The van der Waals surface area contributed by atoms with Crippen LogP contribution >= 0.6 is 11.6 Å². The molecular formula is C13H14ClF3O5S. The first-order valence-corrected chi connectivity index (χ1v) is 8.18. The zero-order chi connectivity index (χ0) is 17.7. The fourth-order valence-electron chi connectivity index (χ4n) is 1.72. The van der Waals surface area contributed by atoms with Crippen molar-refractivity contribution in [3.63, 3.8) is 0 Å². The van der Waals surface area contributed by atoms with Gasteiger partial charge in [-0.15, -0.1) is 0 Å². The van der Waals surface area contributed by atoms with E-state index in [1.807, 2.05) is 0 Å². The molecule has 0 heterocycles. The summed E-state index contributed by atoms with van der Waals surface area (Å²) >= 11 is 5.93. The summed E-state index contributed by atoms with van der Waals surface area (Å²) in [6.07, 6.45) is -1.62. The van der Waals surface area contributed by atoms with Crippen molar-refractivity contribution in [1.82, 2.24) is 0 Å². The zero-order valence-electron chi connectivity index (χ0n) is 12.0. The van der Waals surface area contributed by atoms with E-state index in [4.69, 9.17) is 11.6 Å². The van der Waals surface area contributed by atoms with Gasteiger partial charge in [-0.1, -0.05) is 29.8 Å². The van der Waals surface area contributed by atoms with Gasteiger partial charge in [-0.2, -0.15) is 21.6 Å². The van der Waals surface area contributed by atoms with Crippen LogP contribution in [0.3, 0.4) is 0 Å². The van der Waals surface area contributed by atoms with E-state index in [-0.39, 0.29) is 12.8 Å². The second-order valence-electron chi connectivity index (χ2n) is 4.49. The van der Waals surface area contributed by atoms with Gasteiger partial charge < -0.3 is 4.74 Å². The van der Waals surface area contributed by atoms with Gasteiger partial charge in [-0.05, 0) is 30.9 Å². The van der Waals surface area contributed by atoms with E-state index >= 15 is 0 Å². The predicted octanol–water partition coefficient (Wildman–Crippen LogP) is 3.07. The Bertz CT molecular complexity index is 645. The lowest BCUT2D eigenvalue weighted by atomic mass is 10.1. The SMILES string of the molecule is COC(=O)C(CCCc1ccccc1Cl)OS(=O)(=O)C(F)(F)F. The van der Waals surface area contributed by atoms with Crippen molar-refractivity contribution in [2.75, 3.05) is 7.11 Å². The maximum Gasteiger partial charge on any atom is 0.523 e. The fourth-order valence-corrected chi connectivity index (χ4v) is 2.54. The molecular weight excluding hydrogens is 361 g/mol. The number of hydrogen-bond acceptors (Lipinski definition) is 5. The zero-order valence-corrected chi connectivity index (χ0v) is 13.5. The minimum atomic E-state index is -5.88. The molecule has 0 aliphatic rings. The third kappa shape index (κ3) is 5.67. The summed E-state index contributed by atoms with van der Waals surface area (Å²) in [6, 6.07) is 6.79. The van der Waals surface area contributed by atoms with Crippen LogP contribution in [0.5, 0.6) is 0 Å². The highest BCUT2D eigenvalue weighted by Gasteiger charge is 2.49. The van der Waals surface area contributed by atoms with E-state index in [1.165, 1.54) is 0 Å². The summed E-state index contributed by atoms with van der Waals surface area (Å²) in [5.41, 5.74) is -4.89. The number of benzene rings is 1. The molecule has 0 aliphatic heterocycles. The monoisotopic (exact) mass is 374 g/mol. The maximum atomic E-state index is 12.3. The normalized spacial score (nSPS) is 13.6. The Morgan fingerprint density at radius 1 is 1.30 bits per heavy atom. The van der Waals surface area contributed by atoms with E-state index in [2.05, 4.69) is 8.92 Å². The van der Waals surface area contributed by atoms with E-state index in [1.54, 1.807) is 24.3 Å². The molecule has 0 N–H and O–H groups in total. The van der Waals surface area contributed by atoms with Gasteiger partial charge in [0.05, 0.1) is 7.11 Å². The van der Waals surface area contributed by atoms with Crippen LogP contribution in [0.1, 0.15) is 18.4 Å². The molecule has 1 rings (SSSR count). The van der Waals surface area contributed by atoms with Gasteiger partial charge in [-0.25, -0.2) is 8.98 Å². The molecule has 1 aromatic rings. The van der Waals surface area contributed by atoms with Gasteiger partial charge in [0, 0.05) is 5.02 Å². The maximum absolute atomic E-state index is 12.3. The van der Waals surface area contributed by atoms with Crippen LogP contribution < -0.4 is 0 Å². The number of hydrogen-bond donors (Lipinski definition) is 0. The van der Waals surface area contributed by atoms with Crippen LogP contribution in [0, 0.1) is 0 Å². The summed E-state index contributed by atoms with van der Waals surface area (Å²) in [5, 5.41) is 0.464. The first-order valence-electron chi connectivity index (χ1n) is 6.39. The van der Waals surface area contributed by atoms with Crippen molar-refractivity contribution in [3.8, 4) is 0 Å². The first kappa shape index (κ1) is 19.7. The summed E-state index contributed by atoms with van der Waals surface area (Å²) in [6.45, 7) is 0. The summed E-state index contributed by atoms with van der Waals surface area (Å²) in [7, 11) is -4.96. The van der Waals surface area contributed by atoms with E-state index in [0.29, 0.717) is 11.4 Å². The molecule has 0 radical (unpaired) electrons. The number of carbonyl (C=O) groups excluding carboxylic acids is 1. The van der Waals surface area contributed by atoms with Crippen molar-refractivity contribution in [2.24, 2.45) is 0 Å². The van der Waals surface area contributed by atoms with Gasteiger partial charge in [0.25, 0.3) is 0 Å². The standard InChI is InChI=1S/C13H14ClF3O5S/c1-21-12(18)11(22-23(19,20)13(15,16)17)8-4-6-9-5-2-3-7-10(9)14/h2-3,5,7,11H,4,6,8H2,1H3. The van der Waals surface area contributed by atoms with Crippen molar-refractivity contribution < 1.29 is 35.3 Å². The summed E-state index contributed by atoms with van der Waals surface area (Å²) < 4.78 is 67.2. The third-order valence-electron chi connectivity index (χ3n) is 2.86. The lowest BCUT2D eigenvalue weighted by Gasteiger charge is -2.16. The second-order valence-corrected chi connectivity index (χ2v) is 6.46. The number of alkyl halides is 3. The lowest BCUT2D eigenvalue weighted by molar-refractivity contribution is -0.149. The highest BCUT2D eigenvalue weighted by atomic mass is 35.5. The Labute approximate surface area is 136 Å². The van der Waals surface area contributed by atoms with Gasteiger partial charge in [0.15, 0.2) is 6.10 Å². The van der Waals surface area contributed by atoms with Crippen molar-refractivity contribution >= 4 is 27.7 Å². The van der Waals surface area contributed by atoms with E-state index in [9.17, 15) is 26.4 Å². The molecule has 0 bridgehead atoms. The number of carbonyl (C=O) groups is 1. The molecule has 1 atom stereocenters. The summed E-state index contributed by atoms with van der Waals surface area (Å²) in [4.78, 5) is 11.4. The number of halogens is 4. The van der Waals surface area contributed by atoms with Crippen molar-refractivity contribution in [1.29, 1.82) is 0 Å². The Kier molecular flexibility index (Phi) is 6.84. The van der Waals surface area contributed by atoms with Crippen LogP contribution in [0.4, 0.5) is 13.2 Å². The first-order chi connectivity index (χ1) is 10.6. The number of esters is 1. The molecule has 0 amide bonds. The number of ether oxygens (including phenoxy) is 1.